The van der Waals surface area contributed by atoms with Crippen LogP contribution < -0.4 is 10.1 Å². The zero-order chi connectivity index (χ0) is 23.4. The Morgan fingerprint density at radius 1 is 0.939 bits per heavy atom. The zero-order valence-corrected chi connectivity index (χ0v) is 18.3. The Labute approximate surface area is 190 Å². The Balaban J connectivity index is 1.81. The molecule has 1 aromatic heterocycles. The van der Waals surface area contributed by atoms with Crippen LogP contribution in [-0.2, 0) is 14.6 Å². The van der Waals surface area contributed by atoms with Crippen molar-refractivity contribution in [1.82, 2.24) is 9.97 Å². The Hall–Kier alpha value is -4.29. The molecule has 0 aliphatic carbocycles. The third-order valence-electron chi connectivity index (χ3n) is 4.70. The van der Waals surface area contributed by atoms with Crippen molar-refractivity contribution in [1.29, 1.82) is 5.26 Å². The largest absolute Gasteiger partial charge is 0.437 e. The van der Waals surface area contributed by atoms with Crippen LogP contribution >= 0.6 is 0 Å². The fourth-order valence-electron chi connectivity index (χ4n) is 3.19. The number of nitrogens with zero attached hydrogens (tertiary/aromatic N) is 3. The number of carbonyl (C=O) groups excluding carboxylic acids is 1. The van der Waals surface area contributed by atoms with Gasteiger partial charge in [0.25, 0.3) is 0 Å². The van der Waals surface area contributed by atoms with Crippen molar-refractivity contribution >= 4 is 32.5 Å². The molecule has 1 N–H and O–H groups in total. The molecule has 1 amide bonds. The van der Waals surface area contributed by atoms with E-state index in [0.717, 1.165) is 0 Å². The van der Waals surface area contributed by atoms with Gasteiger partial charge in [-0.1, -0.05) is 30.3 Å². The molecule has 1 atom stereocenters. The molecule has 0 radical (unpaired) electrons. The van der Waals surface area contributed by atoms with Crippen molar-refractivity contribution in [3.63, 3.8) is 0 Å². The summed E-state index contributed by atoms with van der Waals surface area (Å²) < 4.78 is 32.7. The lowest BCUT2D eigenvalue weighted by Gasteiger charge is -2.15. The molecule has 3 aromatic carbocycles. The van der Waals surface area contributed by atoms with Gasteiger partial charge in [0.15, 0.2) is 5.25 Å². The van der Waals surface area contributed by atoms with E-state index < -0.39 is 15.1 Å². The number of nitriles is 1. The Kier molecular flexibility index (Phi) is 6.02. The Bertz CT molecular complexity index is 1460. The first-order valence-electron chi connectivity index (χ1n) is 9.89. The van der Waals surface area contributed by atoms with Crippen molar-refractivity contribution in [3.05, 3.63) is 84.6 Å². The van der Waals surface area contributed by atoms with Crippen molar-refractivity contribution < 1.29 is 17.9 Å². The number of rotatable bonds is 6. The summed E-state index contributed by atoms with van der Waals surface area (Å²) in [5, 5.41) is 10.8. The first kappa shape index (κ1) is 21.9. The summed E-state index contributed by atoms with van der Waals surface area (Å²) in [7, 11) is -4.19. The van der Waals surface area contributed by atoms with Crippen LogP contribution in [0, 0.1) is 11.3 Å². The molecule has 0 saturated heterocycles. The van der Waals surface area contributed by atoms with Gasteiger partial charge in [0.05, 0.1) is 22.0 Å². The number of sulfone groups is 1. The average molecular weight is 458 g/mol. The minimum Gasteiger partial charge on any atom is -0.437 e. The first-order valence-corrected chi connectivity index (χ1v) is 11.4. The van der Waals surface area contributed by atoms with Crippen molar-refractivity contribution in [2.45, 2.75) is 17.1 Å². The Morgan fingerprint density at radius 2 is 1.55 bits per heavy atom. The number of fused-ring (bicyclic) bond motifs is 1. The normalized spacial score (nSPS) is 12.0. The van der Waals surface area contributed by atoms with Crippen LogP contribution in [0.15, 0.2) is 83.8 Å². The lowest BCUT2D eigenvalue weighted by Crippen LogP contribution is -2.16. The number of para-hydroxylation sites is 3. The summed E-state index contributed by atoms with van der Waals surface area (Å²) in [6, 6.07) is 23.1. The highest BCUT2D eigenvalue weighted by atomic mass is 32.2. The summed E-state index contributed by atoms with van der Waals surface area (Å²) in [4.78, 5) is 20.0. The zero-order valence-electron chi connectivity index (χ0n) is 17.5. The lowest BCUT2D eigenvalue weighted by molar-refractivity contribution is -0.114. The minimum atomic E-state index is -4.19. The smallest absolute Gasteiger partial charge is 0.244 e. The van der Waals surface area contributed by atoms with E-state index in [9.17, 15) is 18.5 Å². The standard InChI is InChI=1S/C24H18N4O4S/c1-16(29)26-17-11-13-19(14-12-17)33(30,31)22(15-25)23-24(32-18-7-3-2-4-8-18)28-21-10-6-5-9-20(21)27-23/h2-14,22H,1H3,(H,26,29). The third-order valence-corrected chi connectivity index (χ3v) is 6.58. The van der Waals surface area contributed by atoms with Gasteiger partial charge in [-0.15, -0.1) is 0 Å². The van der Waals surface area contributed by atoms with Crippen molar-refractivity contribution in [2.75, 3.05) is 5.32 Å². The molecule has 33 heavy (non-hydrogen) atoms. The van der Waals surface area contributed by atoms with Crippen LogP contribution in [0.3, 0.4) is 0 Å². The van der Waals surface area contributed by atoms with Gasteiger partial charge in [0.2, 0.25) is 21.6 Å². The highest BCUT2D eigenvalue weighted by Crippen LogP contribution is 2.35. The number of hydrogen-bond donors (Lipinski definition) is 1. The van der Waals surface area contributed by atoms with Gasteiger partial charge in [-0.2, -0.15) is 5.26 Å². The van der Waals surface area contributed by atoms with Gasteiger partial charge < -0.3 is 10.1 Å². The molecule has 4 rings (SSSR count). The molecule has 0 fully saturated rings. The van der Waals surface area contributed by atoms with Crippen molar-refractivity contribution in [2.24, 2.45) is 0 Å². The number of ether oxygens (including phenoxy) is 1. The number of amides is 1. The van der Waals surface area contributed by atoms with Crippen LogP contribution in [-0.4, -0.2) is 24.3 Å². The quantitative estimate of drug-likeness (QED) is 0.454. The molecule has 0 aliphatic rings. The van der Waals surface area contributed by atoms with E-state index in [1.54, 1.807) is 48.5 Å². The van der Waals surface area contributed by atoms with Crippen LogP contribution in [0.5, 0.6) is 11.6 Å². The predicted octanol–water partition coefficient (Wildman–Crippen LogP) is 4.42. The summed E-state index contributed by atoms with van der Waals surface area (Å²) in [6.07, 6.45) is 0. The first-order chi connectivity index (χ1) is 15.9. The van der Waals surface area contributed by atoms with E-state index in [2.05, 4.69) is 15.3 Å². The number of anilines is 1. The molecular weight excluding hydrogens is 440 g/mol. The van der Waals surface area contributed by atoms with E-state index in [1.165, 1.54) is 31.2 Å². The third kappa shape index (κ3) is 4.66. The second-order valence-corrected chi connectivity index (χ2v) is 9.11. The molecule has 8 nitrogen and oxygen atoms in total. The molecule has 4 aromatic rings. The number of hydrogen-bond acceptors (Lipinski definition) is 7. The number of carbonyl (C=O) groups is 1. The predicted molar refractivity (Wildman–Crippen MR) is 122 cm³/mol. The summed E-state index contributed by atoms with van der Waals surface area (Å²) in [5.74, 6) is 0.0802. The maximum Gasteiger partial charge on any atom is 0.244 e. The van der Waals surface area contributed by atoms with Gasteiger partial charge in [0.1, 0.15) is 11.4 Å². The number of nitrogens with one attached hydrogen (secondary N) is 1. The van der Waals surface area contributed by atoms with E-state index in [1.807, 2.05) is 12.1 Å². The molecule has 9 heteroatoms. The topological polar surface area (TPSA) is 122 Å². The Morgan fingerprint density at radius 3 is 2.15 bits per heavy atom. The highest BCUT2D eigenvalue weighted by molar-refractivity contribution is 7.92. The van der Waals surface area contributed by atoms with Gasteiger partial charge >= 0.3 is 0 Å². The van der Waals surface area contributed by atoms with E-state index in [4.69, 9.17) is 4.74 Å². The molecule has 164 valence electrons. The minimum absolute atomic E-state index is 0.0649. The SMILES string of the molecule is CC(=O)Nc1ccc(S(=O)(=O)C(C#N)c2nc3ccccc3nc2Oc2ccccc2)cc1. The van der Waals surface area contributed by atoms with Crippen LogP contribution in [0.4, 0.5) is 5.69 Å². The number of benzene rings is 3. The maximum atomic E-state index is 13.4. The van der Waals surface area contributed by atoms with Gasteiger partial charge in [-0.3, -0.25) is 4.79 Å². The maximum absolute atomic E-state index is 13.4. The fourth-order valence-corrected chi connectivity index (χ4v) is 4.56. The average Bonchev–Trinajstić information content (AvgIpc) is 2.80. The van der Waals surface area contributed by atoms with Gasteiger partial charge in [0, 0.05) is 12.6 Å². The monoisotopic (exact) mass is 458 g/mol. The molecule has 0 bridgehead atoms. The van der Waals surface area contributed by atoms with E-state index in [-0.39, 0.29) is 22.4 Å². The summed E-state index contributed by atoms with van der Waals surface area (Å²) >= 11 is 0. The molecule has 0 aliphatic heterocycles. The van der Waals surface area contributed by atoms with Crippen LogP contribution in [0.2, 0.25) is 0 Å². The fraction of sp³-hybridized carbons (Fsp3) is 0.0833. The van der Waals surface area contributed by atoms with E-state index in [0.29, 0.717) is 22.5 Å². The molecule has 1 heterocycles. The van der Waals surface area contributed by atoms with Crippen LogP contribution in [0.1, 0.15) is 17.9 Å². The molecule has 1 unspecified atom stereocenters. The second-order valence-electron chi connectivity index (χ2n) is 7.08. The second kappa shape index (κ2) is 9.06. The van der Waals surface area contributed by atoms with Gasteiger partial charge in [-0.25, -0.2) is 18.4 Å². The summed E-state index contributed by atoms with van der Waals surface area (Å²) in [6.45, 7) is 1.35. The van der Waals surface area contributed by atoms with Crippen molar-refractivity contribution in [3.8, 4) is 17.7 Å². The highest BCUT2D eigenvalue weighted by Gasteiger charge is 2.34. The lowest BCUT2D eigenvalue weighted by atomic mass is 10.2. The van der Waals surface area contributed by atoms with Gasteiger partial charge in [-0.05, 0) is 48.5 Å². The molecular formula is C24H18N4O4S. The molecule has 0 spiro atoms. The number of aromatic nitrogens is 2. The van der Waals surface area contributed by atoms with E-state index >= 15 is 0 Å². The molecule has 0 saturated carbocycles. The van der Waals surface area contributed by atoms with Crippen LogP contribution in [0.25, 0.3) is 11.0 Å². The summed E-state index contributed by atoms with van der Waals surface area (Å²) in [5.41, 5.74) is 1.27.